The highest BCUT2D eigenvalue weighted by atomic mass is 35.5. The maximum absolute atomic E-state index is 11.6. The third-order valence-electron chi connectivity index (χ3n) is 2.69. The molecule has 0 unspecified atom stereocenters. The van der Waals surface area contributed by atoms with E-state index in [4.69, 9.17) is 28.9 Å². The van der Waals surface area contributed by atoms with Gasteiger partial charge in [-0.25, -0.2) is 4.79 Å². The number of halogens is 2. The molecule has 3 amide bonds. The van der Waals surface area contributed by atoms with Crippen molar-refractivity contribution in [1.82, 2.24) is 5.32 Å². The minimum Gasteiger partial charge on any atom is -0.351 e. The van der Waals surface area contributed by atoms with Crippen LogP contribution in [0.3, 0.4) is 0 Å². The molecule has 0 saturated carbocycles. The van der Waals surface area contributed by atoms with Crippen LogP contribution in [0.2, 0.25) is 10.0 Å². The van der Waals surface area contributed by atoms with Crippen LogP contribution in [0.4, 0.5) is 4.79 Å². The van der Waals surface area contributed by atoms with E-state index in [2.05, 4.69) is 0 Å². The number of rotatable bonds is 4. The number of hydrogen-bond donors (Lipinski definition) is 3. The minimum atomic E-state index is -0.859. The van der Waals surface area contributed by atoms with Crippen molar-refractivity contribution in [3.8, 4) is 0 Å². The average Bonchev–Trinajstić information content (AvgIpc) is 2.27. The Hall–Kier alpha value is -1.30. The molecule has 2 atom stereocenters. The number of carbonyl (C=O) groups excluding carboxylic acids is 2. The third kappa shape index (κ3) is 4.70. The minimum absolute atomic E-state index is 0.0570. The van der Waals surface area contributed by atoms with Gasteiger partial charge in [-0.3, -0.25) is 10.1 Å². The summed E-state index contributed by atoms with van der Waals surface area (Å²) in [6, 6.07) is 3.82. The Kier molecular flexibility index (Phi) is 5.60. The van der Waals surface area contributed by atoms with Gasteiger partial charge in [0.15, 0.2) is 6.04 Å². The Labute approximate surface area is 121 Å². The third-order valence-corrected chi connectivity index (χ3v) is 3.25. The van der Waals surface area contributed by atoms with Gasteiger partial charge in [0.2, 0.25) is 0 Å². The molecule has 5 N–H and O–H groups in total. The molecule has 0 fully saturated rings. The summed E-state index contributed by atoms with van der Waals surface area (Å²) < 4.78 is 0. The quantitative estimate of drug-likeness (QED) is 0.780. The molecule has 7 heteroatoms. The molecule has 1 aromatic carbocycles. The van der Waals surface area contributed by atoms with Gasteiger partial charge in [0.25, 0.3) is 5.91 Å². The summed E-state index contributed by atoms with van der Waals surface area (Å²) in [4.78, 5) is 22.2. The van der Waals surface area contributed by atoms with E-state index in [9.17, 15) is 9.59 Å². The molecule has 19 heavy (non-hydrogen) atoms. The number of nitrogens with two attached hydrogens (primary N) is 2. The summed E-state index contributed by atoms with van der Waals surface area (Å²) in [5.41, 5.74) is 5.76. The first-order valence-electron chi connectivity index (χ1n) is 5.71. The van der Waals surface area contributed by atoms with Gasteiger partial charge in [-0.15, -0.1) is 0 Å². The van der Waals surface area contributed by atoms with Crippen LogP contribution in [0.1, 0.15) is 25.5 Å². The largest absolute Gasteiger partial charge is 0.351 e. The number of benzene rings is 1. The average molecular weight is 305 g/mol. The number of hydrogen-bond acceptors (Lipinski definition) is 2. The van der Waals surface area contributed by atoms with Crippen molar-refractivity contribution in [3.05, 3.63) is 33.8 Å². The smallest absolute Gasteiger partial charge is 0.319 e. The van der Waals surface area contributed by atoms with Crippen LogP contribution in [-0.4, -0.2) is 18.0 Å². The molecule has 0 aliphatic rings. The molecule has 0 aliphatic carbocycles. The van der Waals surface area contributed by atoms with Crippen LogP contribution in [0.5, 0.6) is 0 Å². The second kappa shape index (κ2) is 6.75. The van der Waals surface area contributed by atoms with E-state index in [0.717, 1.165) is 5.56 Å². The van der Waals surface area contributed by atoms with Gasteiger partial charge in [0.1, 0.15) is 6.04 Å². The molecule has 104 valence electrons. The van der Waals surface area contributed by atoms with Crippen LogP contribution >= 0.6 is 23.2 Å². The van der Waals surface area contributed by atoms with Gasteiger partial charge in [0, 0.05) is 10.6 Å². The first-order valence-corrected chi connectivity index (χ1v) is 6.47. The lowest BCUT2D eigenvalue weighted by atomic mass is 10.1. The normalized spacial score (nSPS) is 13.7. The van der Waals surface area contributed by atoms with E-state index in [1.165, 1.54) is 0 Å². The van der Waals surface area contributed by atoms with Crippen LogP contribution < -0.4 is 16.4 Å². The first kappa shape index (κ1) is 15.8. The fourth-order valence-corrected chi connectivity index (χ4v) is 2.31. The lowest BCUT2D eigenvalue weighted by Gasteiger charge is -2.17. The fraction of sp³-hybridized carbons (Fsp3) is 0.333. The predicted octanol–water partition coefficient (Wildman–Crippen LogP) is 1.20. The number of quaternary nitrogens is 1. The van der Waals surface area contributed by atoms with Gasteiger partial charge in [0.05, 0.1) is 5.02 Å². The lowest BCUT2D eigenvalue weighted by Crippen LogP contribution is -2.92. The van der Waals surface area contributed by atoms with Crippen molar-refractivity contribution in [2.45, 2.75) is 25.9 Å². The van der Waals surface area contributed by atoms with Crippen LogP contribution in [-0.2, 0) is 4.79 Å². The Morgan fingerprint density at radius 3 is 2.47 bits per heavy atom. The van der Waals surface area contributed by atoms with Crippen molar-refractivity contribution in [1.29, 1.82) is 0 Å². The van der Waals surface area contributed by atoms with Crippen molar-refractivity contribution in [2.75, 3.05) is 0 Å². The van der Waals surface area contributed by atoms with E-state index in [-0.39, 0.29) is 6.04 Å². The number of imide groups is 1. The van der Waals surface area contributed by atoms with Crippen molar-refractivity contribution in [3.63, 3.8) is 0 Å². The standard InChI is InChI=1S/C12H15Cl2N3O2/c1-6(9-4-3-8(13)5-10(9)14)16-7(2)11(18)17-12(15)19/h3-7,16H,1-2H3,(H3,15,17,18,19)/p+1/t6-,7+/m1/s1. The summed E-state index contributed by atoms with van der Waals surface area (Å²) in [5.74, 6) is -0.440. The molecule has 0 aliphatic heterocycles. The van der Waals surface area contributed by atoms with Crippen LogP contribution in [0, 0.1) is 0 Å². The zero-order valence-electron chi connectivity index (χ0n) is 10.6. The van der Waals surface area contributed by atoms with Crippen LogP contribution in [0.25, 0.3) is 0 Å². The Morgan fingerprint density at radius 1 is 1.32 bits per heavy atom. The summed E-state index contributed by atoms with van der Waals surface area (Å²) in [6.45, 7) is 3.59. The molecule has 0 heterocycles. The Bertz CT molecular complexity index is 494. The highest BCUT2D eigenvalue weighted by molar-refractivity contribution is 6.35. The second-order valence-electron chi connectivity index (χ2n) is 4.29. The zero-order valence-corrected chi connectivity index (χ0v) is 12.1. The fourth-order valence-electron chi connectivity index (χ4n) is 1.73. The lowest BCUT2D eigenvalue weighted by molar-refractivity contribution is -0.710. The summed E-state index contributed by atoms with van der Waals surface area (Å²) in [5, 5.41) is 4.92. The number of amides is 3. The molecule has 1 rings (SSSR count). The van der Waals surface area contributed by atoms with E-state index in [1.54, 1.807) is 24.4 Å². The van der Waals surface area contributed by atoms with Crippen molar-refractivity contribution >= 4 is 35.1 Å². The second-order valence-corrected chi connectivity index (χ2v) is 5.13. The monoisotopic (exact) mass is 304 g/mol. The number of nitrogens with one attached hydrogen (secondary N) is 1. The molecule has 1 aromatic rings. The molecule has 0 aromatic heterocycles. The predicted molar refractivity (Wildman–Crippen MR) is 74.0 cm³/mol. The number of urea groups is 1. The van der Waals surface area contributed by atoms with Crippen molar-refractivity contribution in [2.24, 2.45) is 5.73 Å². The molecule has 0 radical (unpaired) electrons. The van der Waals surface area contributed by atoms with Gasteiger partial charge >= 0.3 is 6.03 Å². The first-order chi connectivity index (χ1) is 8.81. The highest BCUT2D eigenvalue weighted by Crippen LogP contribution is 2.24. The van der Waals surface area contributed by atoms with E-state index >= 15 is 0 Å². The molecule has 0 saturated heterocycles. The van der Waals surface area contributed by atoms with E-state index < -0.39 is 18.0 Å². The summed E-state index contributed by atoms with van der Waals surface area (Å²) in [7, 11) is 0. The van der Waals surface area contributed by atoms with Crippen LogP contribution in [0.15, 0.2) is 18.2 Å². The maximum Gasteiger partial charge on any atom is 0.319 e. The number of primary amides is 1. The SMILES string of the molecule is C[C@H]([NH2+][C@H](C)c1ccc(Cl)cc1Cl)C(=O)NC(N)=O. The Balaban J connectivity index is 2.71. The molecule has 5 nitrogen and oxygen atoms in total. The molecule has 0 spiro atoms. The van der Waals surface area contributed by atoms with Gasteiger partial charge < -0.3 is 11.1 Å². The van der Waals surface area contributed by atoms with E-state index in [1.807, 2.05) is 18.3 Å². The molecule has 0 bridgehead atoms. The molecular weight excluding hydrogens is 289 g/mol. The zero-order chi connectivity index (χ0) is 14.6. The van der Waals surface area contributed by atoms with Gasteiger partial charge in [-0.2, -0.15) is 0 Å². The van der Waals surface area contributed by atoms with Crippen molar-refractivity contribution < 1.29 is 14.9 Å². The highest BCUT2D eigenvalue weighted by Gasteiger charge is 2.22. The Morgan fingerprint density at radius 2 is 1.95 bits per heavy atom. The molecular formula is C12H16Cl2N3O2+. The maximum atomic E-state index is 11.6. The van der Waals surface area contributed by atoms with Gasteiger partial charge in [-0.05, 0) is 26.0 Å². The summed E-state index contributed by atoms with van der Waals surface area (Å²) >= 11 is 11.9. The topological polar surface area (TPSA) is 88.8 Å². The van der Waals surface area contributed by atoms with E-state index in [0.29, 0.717) is 10.0 Å². The van der Waals surface area contributed by atoms with Gasteiger partial charge in [-0.1, -0.05) is 29.3 Å². The summed E-state index contributed by atoms with van der Waals surface area (Å²) in [6.07, 6.45) is 0. The number of carbonyl (C=O) groups is 2.